The van der Waals surface area contributed by atoms with Crippen LogP contribution < -0.4 is 0 Å². The average molecular weight is 370 g/mol. The van der Waals surface area contributed by atoms with Gasteiger partial charge in [-0.05, 0) is 52.0 Å². The van der Waals surface area contributed by atoms with E-state index in [9.17, 15) is 4.79 Å². The molecule has 1 heterocycles. The molecule has 0 atom stereocenters. The molecule has 0 aliphatic rings. The summed E-state index contributed by atoms with van der Waals surface area (Å²) in [6.07, 6.45) is 0. The van der Waals surface area contributed by atoms with Crippen molar-refractivity contribution in [3.05, 3.63) is 19.2 Å². The second kappa shape index (κ2) is 6.14. The predicted molar refractivity (Wildman–Crippen MR) is 75.2 cm³/mol. The molecule has 0 saturated heterocycles. The van der Waals surface area contributed by atoms with Crippen LogP contribution in [0.5, 0.6) is 0 Å². The zero-order valence-electron chi connectivity index (χ0n) is 9.46. The van der Waals surface area contributed by atoms with E-state index in [4.69, 9.17) is 0 Å². The van der Waals surface area contributed by atoms with Crippen LogP contribution in [0.25, 0.3) is 0 Å². The number of hydrogen-bond acceptors (Lipinski definition) is 3. The average Bonchev–Trinajstić information content (AvgIpc) is 2.53. The summed E-state index contributed by atoms with van der Waals surface area (Å²) in [5, 5.41) is 0. The van der Waals surface area contributed by atoms with E-state index < -0.39 is 0 Å². The van der Waals surface area contributed by atoms with Crippen LogP contribution in [-0.4, -0.2) is 49.9 Å². The van der Waals surface area contributed by atoms with Crippen molar-refractivity contribution in [3.8, 4) is 0 Å². The van der Waals surface area contributed by atoms with E-state index in [2.05, 4.69) is 36.8 Å². The first-order valence-corrected chi connectivity index (χ1v) is 7.17. The molecular formula is C10H14Br2N2OS. The highest BCUT2D eigenvalue weighted by Crippen LogP contribution is 2.32. The van der Waals surface area contributed by atoms with Crippen LogP contribution in [-0.2, 0) is 0 Å². The molecule has 0 aliphatic heterocycles. The van der Waals surface area contributed by atoms with Gasteiger partial charge in [0.05, 0.1) is 13.1 Å². The molecule has 1 aromatic heterocycles. The van der Waals surface area contributed by atoms with Crippen molar-refractivity contribution in [2.24, 2.45) is 0 Å². The first-order valence-electron chi connectivity index (χ1n) is 4.77. The molecule has 90 valence electrons. The standard InChI is InChI=1S/C10H14Br2N2OS/c1-13(2)4-5-14(3)10(15)7-6-8(11)16-9(7)12/h6H,4-5H2,1-3H3. The number of halogens is 2. The van der Waals surface area contributed by atoms with Gasteiger partial charge in [0.2, 0.25) is 0 Å². The van der Waals surface area contributed by atoms with Crippen LogP contribution in [0.4, 0.5) is 0 Å². The van der Waals surface area contributed by atoms with Gasteiger partial charge in [-0.3, -0.25) is 4.79 Å². The minimum atomic E-state index is 0.0516. The molecule has 6 heteroatoms. The molecule has 0 spiro atoms. The second-order valence-electron chi connectivity index (χ2n) is 3.77. The maximum atomic E-state index is 12.1. The lowest BCUT2D eigenvalue weighted by Crippen LogP contribution is -2.33. The van der Waals surface area contributed by atoms with Crippen molar-refractivity contribution < 1.29 is 4.79 Å². The fourth-order valence-corrected chi connectivity index (χ4v) is 3.92. The Hall–Kier alpha value is 0.0900. The Kier molecular flexibility index (Phi) is 5.43. The van der Waals surface area contributed by atoms with Crippen molar-refractivity contribution in [1.82, 2.24) is 9.80 Å². The number of rotatable bonds is 4. The number of hydrogen-bond donors (Lipinski definition) is 0. The Balaban J connectivity index is 2.67. The fourth-order valence-electron chi connectivity index (χ4n) is 1.14. The summed E-state index contributed by atoms with van der Waals surface area (Å²) in [7, 11) is 5.81. The molecular weight excluding hydrogens is 356 g/mol. The predicted octanol–water partition coefficient (Wildman–Crippen LogP) is 2.91. The number of amides is 1. The highest BCUT2D eigenvalue weighted by molar-refractivity contribution is 9.12. The lowest BCUT2D eigenvalue weighted by Gasteiger charge is -2.19. The van der Waals surface area contributed by atoms with Gasteiger partial charge in [-0.2, -0.15) is 0 Å². The third kappa shape index (κ3) is 3.84. The van der Waals surface area contributed by atoms with Crippen LogP contribution >= 0.6 is 43.2 Å². The van der Waals surface area contributed by atoms with Gasteiger partial charge in [0.15, 0.2) is 0 Å². The summed E-state index contributed by atoms with van der Waals surface area (Å²) in [4.78, 5) is 15.8. The normalized spacial score (nSPS) is 10.9. The summed E-state index contributed by atoms with van der Waals surface area (Å²) in [6, 6.07) is 1.85. The van der Waals surface area contributed by atoms with Gasteiger partial charge < -0.3 is 9.80 Å². The third-order valence-electron chi connectivity index (χ3n) is 2.12. The molecule has 0 saturated carbocycles. The van der Waals surface area contributed by atoms with Crippen molar-refractivity contribution in [2.45, 2.75) is 0 Å². The van der Waals surface area contributed by atoms with Gasteiger partial charge in [0.25, 0.3) is 5.91 Å². The van der Waals surface area contributed by atoms with Crippen LogP contribution in [0.1, 0.15) is 10.4 Å². The second-order valence-corrected chi connectivity index (χ2v) is 7.52. The molecule has 0 unspecified atom stereocenters. The van der Waals surface area contributed by atoms with Gasteiger partial charge in [-0.15, -0.1) is 11.3 Å². The molecule has 0 aromatic carbocycles. The molecule has 0 aliphatic carbocycles. The summed E-state index contributed by atoms with van der Waals surface area (Å²) in [6.45, 7) is 1.59. The highest BCUT2D eigenvalue weighted by Gasteiger charge is 2.17. The summed E-state index contributed by atoms with van der Waals surface area (Å²) >= 11 is 8.28. The SMILES string of the molecule is CN(C)CCN(C)C(=O)c1cc(Br)sc1Br. The topological polar surface area (TPSA) is 23.6 Å². The highest BCUT2D eigenvalue weighted by atomic mass is 79.9. The number of carbonyl (C=O) groups excluding carboxylic acids is 1. The van der Waals surface area contributed by atoms with E-state index in [1.165, 1.54) is 11.3 Å². The Morgan fingerprint density at radius 1 is 1.31 bits per heavy atom. The minimum absolute atomic E-state index is 0.0516. The Labute approximate surface area is 117 Å². The third-order valence-corrected chi connectivity index (χ3v) is 4.46. The van der Waals surface area contributed by atoms with Crippen molar-refractivity contribution in [2.75, 3.05) is 34.2 Å². The van der Waals surface area contributed by atoms with Crippen molar-refractivity contribution in [1.29, 1.82) is 0 Å². The molecule has 0 radical (unpaired) electrons. The molecule has 1 rings (SSSR count). The molecule has 3 nitrogen and oxygen atoms in total. The van der Waals surface area contributed by atoms with Gasteiger partial charge in [0.1, 0.15) is 0 Å². The van der Waals surface area contributed by atoms with Crippen LogP contribution in [0.2, 0.25) is 0 Å². The smallest absolute Gasteiger partial charge is 0.255 e. The molecule has 0 N–H and O–H groups in total. The minimum Gasteiger partial charge on any atom is -0.340 e. The van der Waals surface area contributed by atoms with Crippen LogP contribution in [0.3, 0.4) is 0 Å². The molecule has 16 heavy (non-hydrogen) atoms. The molecule has 1 amide bonds. The summed E-state index contributed by atoms with van der Waals surface area (Å²) in [5.41, 5.74) is 0.720. The quantitative estimate of drug-likeness (QED) is 0.814. The first-order chi connectivity index (χ1) is 7.41. The molecule has 1 aromatic rings. The maximum Gasteiger partial charge on any atom is 0.255 e. The van der Waals surface area contributed by atoms with Crippen molar-refractivity contribution >= 4 is 49.1 Å². The van der Waals surface area contributed by atoms with Crippen molar-refractivity contribution in [3.63, 3.8) is 0 Å². The number of thiophene rings is 1. The largest absolute Gasteiger partial charge is 0.340 e. The zero-order valence-corrected chi connectivity index (χ0v) is 13.4. The summed E-state index contributed by atoms with van der Waals surface area (Å²) < 4.78 is 1.84. The molecule has 0 bridgehead atoms. The lowest BCUT2D eigenvalue weighted by molar-refractivity contribution is 0.0786. The Morgan fingerprint density at radius 3 is 2.38 bits per heavy atom. The lowest BCUT2D eigenvalue weighted by atomic mass is 10.3. The zero-order chi connectivity index (χ0) is 12.3. The maximum absolute atomic E-state index is 12.1. The first kappa shape index (κ1) is 14.2. The van der Waals surface area contributed by atoms with Gasteiger partial charge >= 0.3 is 0 Å². The van der Waals surface area contributed by atoms with E-state index in [0.717, 1.165) is 26.2 Å². The van der Waals surface area contributed by atoms with E-state index in [0.29, 0.717) is 0 Å². The van der Waals surface area contributed by atoms with E-state index in [1.54, 1.807) is 4.90 Å². The number of carbonyl (C=O) groups is 1. The number of likely N-dealkylation sites (N-methyl/N-ethyl adjacent to an activating group) is 2. The van der Waals surface area contributed by atoms with Gasteiger partial charge in [0, 0.05) is 20.1 Å². The summed E-state index contributed by atoms with van der Waals surface area (Å²) in [5.74, 6) is 0.0516. The van der Waals surface area contributed by atoms with E-state index in [-0.39, 0.29) is 5.91 Å². The monoisotopic (exact) mass is 368 g/mol. The number of nitrogens with zero attached hydrogens (tertiary/aromatic N) is 2. The fraction of sp³-hybridized carbons (Fsp3) is 0.500. The Bertz CT molecular complexity index is 379. The Morgan fingerprint density at radius 2 is 1.94 bits per heavy atom. The van der Waals surface area contributed by atoms with E-state index >= 15 is 0 Å². The van der Waals surface area contributed by atoms with Crippen LogP contribution in [0.15, 0.2) is 13.6 Å². The van der Waals surface area contributed by atoms with Gasteiger partial charge in [-0.1, -0.05) is 0 Å². The van der Waals surface area contributed by atoms with Gasteiger partial charge in [-0.25, -0.2) is 0 Å². The van der Waals surface area contributed by atoms with Crippen LogP contribution in [0, 0.1) is 0 Å². The molecule has 0 fully saturated rings. The van der Waals surface area contributed by atoms with E-state index in [1.807, 2.05) is 27.2 Å².